The average Bonchev–Trinajstić information content (AvgIpc) is 2.98. The van der Waals surface area contributed by atoms with E-state index in [0.29, 0.717) is 12.0 Å². The second-order valence-electron chi connectivity index (χ2n) is 10.7. The quantitative estimate of drug-likeness (QED) is 0.108. The number of alkyl halides is 3. The summed E-state index contributed by atoms with van der Waals surface area (Å²) >= 11 is 0. The van der Waals surface area contributed by atoms with E-state index in [-0.39, 0.29) is 41.4 Å². The molecule has 0 saturated carbocycles. The highest BCUT2D eigenvalue weighted by Crippen LogP contribution is 2.42. The Kier molecular flexibility index (Phi) is 13.6. The van der Waals surface area contributed by atoms with E-state index in [0.717, 1.165) is 70.3 Å². The summed E-state index contributed by atoms with van der Waals surface area (Å²) in [6.45, 7) is 4.75. The highest BCUT2D eigenvalue weighted by atomic mass is 19.4. The van der Waals surface area contributed by atoms with Gasteiger partial charge in [-0.3, -0.25) is 0 Å². The molecule has 0 aromatic heterocycles. The van der Waals surface area contributed by atoms with Crippen molar-refractivity contribution in [3.05, 3.63) is 71.8 Å². The zero-order chi connectivity index (χ0) is 30.4. The summed E-state index contributed by atoms with van der Waals surface area (Å²) < 4.78 is 83.5. The Morgan fingerprint density at radius 3 is 1.67 bits per heavy atom. The Morgan fingerprint density at radius 1 is 0.548 bits per heavy atom. The third-order valence-electron chi connectivity index (χ3n) is 7.37. The molecule has 0 fully saturated rings. The molecule has 3 rings (SSSR count). The van der Waals surface area contributed by atoms with E-state index in [1.165, 1.54) is 30.7 Å². The molecule has 0 aliphatic carbocycles. The molecule has 0 bridgehead atoms. The molecule has 3 aromatic carbocycles. The summed E-state index contributed by atoms with van der Waals surface area (Å²) in [5, 5.41) is 0. The van der Waals surface area contributed by atoms with Gasteiger partial charge in [-0.2, -0.15) is 17.6 Å². The minimum absolute atomic E-state index is 0.0491. The van der Waals surface area contributed by atoms with Crippen molar-refractivity contribution in [3.8, 4) is 33.8 Å². The van der Waals surface area contributed by atoms with E-state index in [4.69, 9.17) is 9.47 Å². The number of hydrogen-bond donors (Lipinski definition) is 0. The Morgan fingerprint density at radius 2 is 1.07 bits per heavy atom. The van der Waals surface area contributed by atoms with Crippen molar-refractivity contribution in [3.63, 3.8) is 0 Å². The maximum absolute atomic E-state index is 15.3. The Balaban J connectivity index is 1.78. The van der Waals surface area contributed by atoms with Gasteiger partial charge in [0, 0.05) is 5.56 Å². The minimum Gasteiger partial charge on any atom is -0.493 e. The molecule has 2 nitrogen and oxygen atoms in total. The van der Waals surface area contributed by atoms with Crippen LogP contribution in [0.15, 0.2) is 54.6 Å². The summed E-state index contributed by atoms with van der Waals surface area (Å²) in [6.07, 6.45) is 7.60. The molecule has 0 radical (unpaired) electrons. The van der Waals surface area contributed by atoms with Crippen LogP contribution in [0.4, 0.5) is 22.0 Å². The number of ether oxygens (including phenoxy) is 2. The first-order valence-electron chi connectivity index (χ1n) is 15.3. The lowest BCUT2D eigenvalue weighted by Gasteiger charge is -2.17. The molecule has 0 unspecified atom stereocenters. The van der Waals surface area contributed by atoms with Crippen LogP contribution in [0.2, 0.25) is 0 Å². The lowest BCUT2D eigenvalue weighted by atomic mass is 9.93. The normalized spacial score (nSPS) is 11.6. The van der Waals surface area contributed by atoms with E-state index < -0.39 is 23.4 Å². The topological polar surface area (TPSA) is 18.5 Å². The molecule has 3 aromatic rings. The van der Waals surface area contributed by atoms with Crippen molar-refractivity contribution >= 4 is 0 Å². The van der Waals surface area contributed by atoms with Gasteiger partial charge in [-0.1, -0.05) is 108 Å². The first kappa shape index (κ1) is 33.4. The van der Waals surface area contributed by atoms with Crippen molar-refractivity contribution in [1.29, 1.82) is 0 Å². The lowest BCUT2D eigenvalue weighted by molar-refractivity contribution is -0.138. The number of unbranched alkanes of at least 4 members (excludes halogenated alkanes) is 10. The van der Waals surface area contributed by atoms with Gasteiger partial charge in [-0.25, -0.2) is 4.39 Å². The zero-order valence-electron chi connectivity index (χ0n) is 24.8. The van der Waals surface area contributed by atoms with E-state index in [1.54, 1.807) is 24.3 Å². The SMILES string of the molecule is CCCCCCCCOc1ccc(-c2ccccc2-c2ccc(OCCCCCCCC)c(F)c2F)cc1C(F)(F)F. The summed E-state index contributed by atoms with van der Waals surface area (Å²) in [5.41, 5.74) is -0.0827. The Labute approximate surface area is 247 Å². The highest BCUT2D eigenvalue weighted by Gasteiger charge is 2.35. The van der Waals surface area contributed by atoms with Crippen LogP contribution in [0.25, 0.3) is 22.3 Å². The van der Waals surface area contributed by atoms with Crippen LogP contribution >= 0.6 is 0 Å². The van der Waals surface area contributed by atoms with Crippen molar-refractivity contribution in [2.45, 2.75) is 97.1 Å². The molecule has 0 N–H and O–H groups in total. The number of benzene rings is 3. The van der Waals surface area contributed by atoms with Gasteiger partial charge in [-0.05, 0) is 53.8 Å². The fourth-order valence-corrected chi connectivity index (χ4v) is 4.99. The fraction of sp³-hybridized carbons (Fsp3) is 0.486. The van der Waals surface area contributed by atoms with E-state index in [2.05, 4.69) is 13.8 Å². The molecule has 0 saturated heterocycles. The molecule has 0 spiro atoms. The molecule has 7 heteroatoms. The average molecular weight is 591 g/mol. The van der Waals surface area contributed by atoms with E-state index in [9.17, 15) is 13.2 Å². The van der Waals surface area contributed by atoms with Crippen molar-refractivity contribution in [2.24, 2.45) is 0 Å². The first-order valence-corrected chi connectivity index (χ1v) is 15.3. The fourth-order valence-electron chi connectivity index (χ4n) is 4.99. The molecular weight excluding hydrogens is 547 g/mol. The summed E-state index contributed by atoms with van der Waals surface area (Å²) in [5.74, 6) is -2.62. The summed E-state index contributed by atoms with van der Waals surface area (Å²) in [7, 11) is 0. The van der Waals surface area contributed by atoms with Crippen molar-refractivity contribution in [1.82, 2.24) is 0 Å². The molecule has 0 amide bonds. The Bertz CT molecular complexity index is 1240. The Hall–Kier alpha value is -3.09. The summed E-state index contributed by atoms with van der Waals surface area (Å²) in [4.78, 5) is 0. The monoisotopic (exact) mass is 590 g/mol. The van der Waals surface area contributed by atoms with E-state index >= 15 is 8.78 Å². The highest BCUT2D eigenvalue weighted by molar-refractivity contribution is 5.84. The zero-order valence-corrected chi connectivity index (χ0v) is 24.8. The van der Waals surface area contributed by atoms with Gasteiger partial charge in [0.1, 0.15) is 5.75 Å². The van der Waals surface area contributed by atoms with Crippen LogP contribution in [-0.4, -0.2) is 13.2 Å². The maximum atomic E-state index is 15.3. The number of halogens is 5. The maximum Gasteiger partial charge on any atom is 0.419 e. The van der Waals surface area contributed by atoms with Crippen molar-refractivity contribution in [2.75, 3.05) is 13.2 Å². The third kappa shape index (κ3) is 9.74. The van der Waals surface area contributed by atoms with Gasteiger partial charge < -0.3 is 9.47 Å². The van der Waals surface area contributed by atoms with Crippen LogP contribution in [0, 0.1) is 11.6 Å². The molecule has 0 atom stereocenters. The first-order chi connectivity index (χ1) is 20.3. The number of hydrogen-bond acceptors (Lipinski definition) is 2. The number of rotatable bonds is 18. The van der Waals surface area contributed by atoms with Gasteiger partial charge in [0.15, 0.2) is 11.6 Å². The predicted octanol–water partition coefficient (Wildman–Crippen LogP) is 11.8. The minimum atomic E-state index is -4.65. The summed E-state index contributed by atoms with van der Waals surface area (Å²) in [6, 6.07) is 13.1. The standard InChI is InChI=1S/C35H43F5O2/c1-3-5-7-9-11-15-23-41-31-21-19-26(25-30(31)35(38,39)40)27-17-13-14-18-28(27)29-20-22-32(34(37)33(29)36)42-24-16-12-10-8-6-4-2/h13-14,17-22,25H,3-12,15-16,23-24H2,1-2H3. The molecular formula is C35H43F5O2. The van der Waals surface area contributed by atoms with Crippen LogP contribution in [0.3, 0.4) is 0 Å². The molecule has 42 heavy (non-hydrogen) atoms. The van der Waals surface area contributed by atoms with Gasteiger partial charge in [0.05, 0.1) is 18.8 Å². The largest absolute Gasteiger partial charge is 0.493 e. The molecule has 0 heterocycles. The van der Waals surface area contributed by atoms with E-state index in [1.807, 2.05) is 0 Å². The molecule has 230 valence electrons. The van der Waals surface area contributed by atoms with Crippen LogP contribution in [-0.2, 0) is 6.18 Å². The van der Waals surface area contributed by atoms with Crippen LogP contribution in [0.1, 0.15) is 96.5 Å². The van der Waals surface area contributed by atoms with Crippen LogP contribution < -0.4 is 9.47 Å². The van der Waals surface area contributed by atoms with Crippen LogP contribution in [0.5, 0.6) is 11.5 Å². The lowest BCUT2D eigenvalue weighted by Crippen LogP contribution is -2.10. The smallest absolute Gasteiger partial charge is 0.419 e. The second-order valence-corrected chi connectivity index (χ2v) is 10.7. The van der Waals surface area contributed by atoms with Gasteiger partial charge in [0.25, 0.3) is 0 Å². The second kappa shape index (κ2) is 17.1. The third-order valence-corrected chi connectivity index (χ3v) is 7.37. The van der Waals surface area contributed by atoms with Crippen molar-refractivity contribution < 1.29 is 31.4 Å². The van der Waals surface area contributed by atoms with Gasteiger partial charge >= 0.3 is 6.18 Å². The predicted molar refractivity (Wildman–Crippen MR) is 160 cm³/mol. The van der Waals surface area contributed by atoms with Gasteiger partial charge in [-0.15, -0.1) is 0 Å². The molecule has 0 aliphatic heterocycles. The van der Waals surface area contributed by atoms with Gasteiger partial charge in [0.2, 0.25) is 5.82 Å². The molecule has 0 aliphatic rings.